The van der Waals surface area contributed by atoms with Crippen molar-refractivity contribution in [1.82, 2.24) is 20.3 Å². The molecule has 0 radical (unpaired) electrons. The summed E-state index contributed by atoms with van der Waals surface area (Å²) < 4.78 is 69.7. The van der Waals surface area contributed by atoms with Gasteiger partial charge in [-0.05, 0) is 19.2 Å². The number of amides is 1. The van der Waals surface area contributed by atoms with Crippen LogP contribution in [0.1, 0.15) is 10.6 Å². The maximum absolute atomic E-state index is 13.2. The van der Waals surface area contributed by atoms with Crippen LogP contribution in [0.25, 0.3) is 0 Å². The second-order valence-corrected chi connectivity index (χ2v) is 7.20. The van der Waals surface area contributed by atoms with Crippen LogP contribution in [0.5, 0.6) is 0 Å². The van der Waals surface area contributed by atoms with E-state index in [9.17, 15) is 26.4 Å². The van der Waals surface area contributed by atoms with E-state index in [-0.39, 0.29) is 18.8 Å². The van der Waals surface area contributed by atoms with Crippen LogP contribution in [0.4, 0.5) is 13.2 Å². The van der Waals surface area contributed by atoms with Crippen LogP contribution in [0.2, 0.25) is 0 Å². The summed E-state index contributed by atoms with van der Waals surface area (Å²) in [5.74, 6) is -1.29. The molecule has 0 spiro atoms. The topological polar surface area (TPSA) is 104 Å². The summed E-state index contributed by atoms with van der Waals surface area (Å²) in [6.07, 6.45) is -4.51. The lowest BCUT2D eigenvalue weighted by Crippen LogP contribution is -2.57. The number of furan rings is 1. The van der Waals surface area contributed by atoms with Crippen LogP contribution in [-0.2, 0) is 10.0 Å². The fraction of sp³-hybridized carbons (Fsp3) is 0.615. The number of alkyl halides is 3. The van der Waals surface area contributed by atoms with Crippen molar-refractivity contribution in [3.8, 4) is 0 Å². The smallest absolute Gasteiger partial charge is 0.405 e. The van der Waals surface area contributed by atoms with E-state index in [0.717, 1.165) is 12.1 Å². The molecule has 3 N–H and O–H groups in total. The molecule has 0 aliphatic carbocycles. The number of carbonyl (C=O) groups excluding carboxylic acids is 1. The lowest BCUT2D eigenvalue weighted by molar-refractivity contribution is -0.183. The number of sulfonamides is 1. The molecule has 0 bridgehead atoms. The molecule has 1 atom stereocenters. The third-order valence-corrected chi connectivity index (χ3v) is 5.05. The van der Waals surface area contributed by atoms with Crippen molar-refractivity contribution in [3.05, 3.63) is 17.9 Å². The van der Waals surface area contributed by atoms with Crippen molar-refractivity contribution in [1.29, 1.82) is 0 Å². The Labute approximate surface area is 142 Å². The van der Waals surface area contributed by atoms with Crippen LogP contribution >= 0.6 is 0 Å². The van der Waals surface area contributed by atoms with Gasteiger partial charge < -0.3 is 15.1 Å². The highest BCUT2D eigenvalue weighted by molar-refractivity contribution is 7.89. The molecule has 8 nitrogen and oxygen atoms in total. The molecule has 0 aromatic carbocycles. The van der Waals surface area contributed by atoms with E-state index in [1.165, 1.54) is 11.9 Å². The van der Waals surface area contributed by atoms with Gasteiger partial charge in [0.15, 0.2) is 5.76 Å². The van der Waals surface area contributed by atoms with Gasteiger partial charge in [-0.2, -0.15) is 13.2 Å². The van der Waals surface area contributed by atoms with Gasteiger partial charge in [-0.15, -0.1) is 0 Å². The van der Waals surface area contributed by atoms with Crippen molar-refractivity contribution < 1.29 is 30.8 Å². The fourth-order valence-electron chi connectivity index (χ4n) is 2.41. The zero-order chi connectivity index (χ0) is 18.7. The summed E-state index contributed by atoms with van der Waals surface area (Å²) in [6.45, 7) is 0.641. The minimum absolute atomic E-state index is 0.214. The molecule has 2 heterocycles. The predicted octanol–water partition coefficient (Wildman–Crippen LogP) is -0.246. The molecule has 142 valence electrons. The zero-order valence-corrected chi connectivity index (χ0v) is 14.2. The Morgan fingerprint density at radius 1 is 1.36 bits per heavy atom. The highest BCUT2D eigenvalue weighted by Gasteiger charge is 2.44. The third kappa shape index (κ3) is 4.93. The Morgan fingerprint density at radius 2 is 2.00 bits per heavy atom. The monoisotopic (exact) mass is 384 g/mol. The van der Waals surface area contributed by atoms with E-state index in [4.69, 9.17) is 4.42 Å². The fourth-order valence-corrected chi connectivity index (χ4v) is 3.06. The SMILES string of the molecule is CNS(=O)(=O)c1ccc(C(=O)NCC(N2CCNCC2)C(F)(F)F)o1. The van der Waals surface area contributed by atoms with E-state index in [1.807, 2.05) is 4.72 Å². The van der Waals surface area contributed by atoms with Gasteiger partial charge in [0.05, 0.1) is 0 Å². The van der Waals surface area contributed by atoms with Gasteiger partial charge in [0, 0.05) is 32.7 Å². The van der Waals surface area contributed by atoms with Gasteiger partial charge in [0.1, 0.15) is 6.04 Å². The van der Waals surface area contributed by atoms with Crippen molar-refractivity contribution >= 4 is 15.9 Å². The molecule has 1 aromatic rings. The van der Waals surface area contributed by atoms with Gasteiger partial charge in [0.2, 0.25) is 5.09 Å². The Kier molecular flexibility index (Phi) is 6.08. The summed E-state index contributed by atoms with van der Waals surface area (Å²) in [5.41, 5.74) is 0. The first-order valence-electron chi connectivity index (χ1n) is 7.48. The Bertz CT molecular complexity index is 698. The van der Waals surface area contributed by atoms with Crippen molar-refractivity contribution in [2.45, 2.75) is 17.3 Å². The quantitative estimate of drug-likeness (QED) is 0.625. The van der Waals surface area contributed by atoms with E-state index in [2.05, 4.69) is 10.6 Å². The number of hydrogen-bond donors (Lipinski definition) is 3. The first-order chi connectivity index (χ1) is 11.6. The minimum Gasteiger partial charge on any atom is -0.438 e. The number of rotatable bonds is 6. The average Bonchev–Trinajstić information content (AvgIpc) is 3.05. The zero-order valence-electron chi connectivity index (χ0n) is 13.4. The van der Waals surface area contributed by atoms with Crippen LogP contribution in [0, 0.1) is 0 Å². The lowest BCUT2D eigenvalue weighted by Gasteiger charge is -2.35. The largest absolute Gasteiger partial charge is 0.438 e. The molecular weight excluding hydrogens is 365 g/mol. The minimum atomic E-state index is -4.51. The summed E-state index contributed by atoms with van der Waals surface area (Å²) in [7, 11) is -2.71. The van der Waals surface area contributed by atoms with Gasteiger partial charge in [-0.1, -0.05) is 0 Å². The average molecular weight is 384 g/mol. The summed E-state index contributed by atoms with van der Waals surface area (Å²) in [4.78, 5) is 13.2. The maximum atomic E-state index is 13.2. The molecule has 1 aromatic heterocycles. The molecule has 1 aliphatic rings. The molecule has 1 saturated heterocycles. The number of halogens is 3. The highest BCUT2D eigenvalue weighted by atomic mass is 32.2. The first-order valence-corrected chi connectivity index (χ1v) is 8.96. The molecular formula is C13H19F3N4O4S. The molecule has 25 heavy (non-hydrogen) atoms. The number of nitrogens with one attached hydrogen (secondary N) is 3. The van der Waals surface area contributed by atoms with Crippen LogP contribution in [0.3, 0.4) is 0 Å². The molecule has 0 saturated carbocycles. The Morgan fingerprint density at radius 3 is 2.56 bits per heavy atom. The van der Waals surface area contributed by atoms with Crippen molar-refractivity contribution in [3.63, 3.8) is 0 Å². The van der Waals surface area contributed by atoms with Crippen molar-refractivity contribution in [2.24, 2.45) is 0 Å². The second-order valence-electron chi connectivity index (χ2n) is 5.38. The molecule has 12 heteroatoms. The highest BCUT2D eigenvalue weighted by Crippen LogP contribution is 2.25. The molecule has 1 fully saturated rings. The normalized spacial score (nSPS) is 18.1. The molecule has 2 rings (SSSR count). The summed E-state index contributed by atoms with van der Waals surface area (Å²) in [6, 6.07) is 0.319. The lowest BCUT2D eigenvalue weighted by atomic mass is 10.2. The number of nitrogens with zero attached hydrogens (tertiary/aromatic N) is 1. The van der Waals surface area contributed by atoms with Crippen LogP contribution < -0.4 is 15.4 Å². The molecule has 1 unspecified atom stereocenters. The predicted molar refractivity (Wildman–Crippen MR) is 81.6 cm³/mol. The van der Waals surface area contributed by atoms with E-state index >= 15 is 0 Å². The molecule has 1 amide bonds. The standard InChI is InChI=1S/C13H19F3N4O4S/c1-17-25(22,23)11-3-2-9(24-11)12(21)19-8-10(13(14,15)16)20-6-4-18-5-7-20/h2-3,10,17-18H,4-8H2,1H3,(H,19,21). The third-order valence-electron chi connectivity index (χ3n) is 3.76. The van der Waals surface area contributed by atoms with Gasteiger partial charge >= 0.3 is 6.18 Å². The molecule has 1 aliphatic heterocycles. The van der Waals surface area contributed by atoms with Gasteiger partial charge in [0.25, 0.3) is 15.9 Å². The van der Waals surface area contributed by atoms with Crippen LogP contribution in [0.15, 0.2) is 21.6 Å². The summed E-state index contributed by atoms with van der Waals surface area (Å²) >= 11 is 0. The van der Waals surface area contributed by atoms with Crippen LogP contribution in [-0.4, -0.2) is 71.2 Å². The van der Waals surface area contributed by atoms with Gasteiger partial charge in [-0.25, -0.2) is 13.1 Å². The second kappa shape index (κ2) is 7.72. The number of carbonyl (C=O) groups is 1. The van der Waals surface area contributed by atoms with Gasteiger partial charge in [-0.3, -0.25) is 9.69 Å². The number of piperazine rings is 1. The Balaban J connectivity index is 2.03. The maximum Gasteiger partial charge on any atom is 0.405 e. The first kappa shape index (κ1) is 19.7. The summed E-state index contributed by atoms with van der Waals surface area (Å²) in [5, 5.41) is 4.62. The Hall–Kier alpha value is -1.63. The van der Waals surface area contributed by atoms with E-state index < -0.39 is 39.8 Å². The number of hydrogen-bond acceptors (Lipinski definition) is 6. The van der Waals surface area contributed by atoms with Crippen molar-refractivity contribution in [2.75, 3.05) is 39.8 Å². The van der Waals surface area contributed by atoms with E-state index in [1.54, 1.807) is 0 Å². The van der Waals surface area contributed by atoms with E-state index in [0.29, 0.717) is 13.1 Å².